The van der Waals surface area contributed by atoms with E-state index in [4.69, 9.17) is 11.6 Å². The van der Waals surface area contributed by atoms with Crippen LogP contribution in [0.5, 0.6) is 0 Å². The van der Waals surface area contributed by atoms with E-state index < -0.39 is 10.8 Å². The van der Waals surface area contributed by atoms with E-state index in [1.165, 1.54) is 0 Å². The number of carbonyl (C=O) groups excluding carboxylic acids is 1. The molecular formula is C15H23ClN2O2S. The molecule has 0 heterocycles. The summed E-state index contributed by atoms with van der Waals surface area (Å²) in [6.45, 7) is 6.41. The third kappa shape index (κ3) is 6.48. The van der Waals surface area contributed by atoms with Gasteiger partial charge >= 0.3 is 6.03 Å². The zero-order chi connectivity index (χ0) is 16.0. The topological polar surface area (TPSA) is 58.2 Å². The number of nitrogens with one attached hydrogen (secondary N) is 2. The number of rotatable bonds is 6. The molecule has 0 aliphatic rings. The van der Waals surface area contributed by atoms with Crippen LogP contribution in [0.4, 0.5) is 4.79 Å². The Balaban J connectivity index is 2.53. The van der Waals surface area contributed by atoms with Crippen molar-refractivity contribution in [3.05, 3.63) is 34.9 Å². The summed E-state index contributed by atoms with van der Waals surface area (Å²) in [5.74, 6) is 0.450. The maximum absolute atomic E-state index is 11.8. The van der Waals surface area contributed by atoms with E-state index in [0.717, 1.165) is 5.56 Å². The van der Waals surface area contributed by atoms with E-state index in [1.54, 1.807) is 6.26 Å². The summed E-state index contributed by atoms with van der Waals surface area (Å²) in [6, 6.07) is 7.26. The van der Waals surface area contributed by atoms with Crippen LogP contribution in [0.15, 0.2) is 24.3 Å². The summed E-state index contributed by atoms with van der Waals surface area (Å²) >= 11 is 6.00. The van der Waals surface area contributed by atoms with E-state index in [1.807, 2.05) is 45.0 Å². The first-order valence-electron chi connectivity index (χ1n) is 6.81. The largest absolute Gasteiger partial charge is 0.337 e. The number of hydrogen-bond acceptors (Lipinski definition) is 2. The predicted octanol–water partition coefficient (Wildman–Crippen LogP) is 2.68. The molecule has 0 aromatic heterocycles. The number of carbonyl (C=O) groups is 1. The molecule has 0 aliphatic heterocycles. The second kappa shape index (κ2) is 7.80. The van der Waals surface area contributed by atoms with Crippen LogP contribution in [0.3, 0.4) is 0 Å². The van der Waals surface area contributed by atoms with Gasteiger partial charge in [-0.05, 0) is 24.6 Å². The Hall–Kier alpha value is -1.07. The van der Waals surface area contributed by atoms with Crippen LogP contribution in [0.1, 0.15) is 26.3 Å². The quantitative estimate of drug-likeness (QED) is 0.842. The average Bonchev–Trinajstić information content (AvgIpc) is 2.35. The summed E-state index contributed by atoms with van der Waals surface area (Å²) in [6.07, 6.45) is 1.62. The highest BCUT2D eigenvalue weighted by molar-refractivity contribution is 7.84. The first-order valence-corrected chi connectivity index (χ1v) is 8.91. The average molecular weight is 331 g/mol. The molecule has 0 aliphatic carbocycles. The monoisotopic (exact) mass is 330 g/mol. The van der Waals surface area contributed by atoms with Gasteiger partial charge in [0, 0.05) is 45.8 Å². The van der Waals surface area contributed by atoms with Crippen LogP contribution in [0.25, 0.3) is 0 Å². The maximum Gasteiger partial charge on any atom is 0.315 e. The lowest BCUT2D eigenvalue weighted by molar-refractivity contribution is 0.236. The fraction of sp³-hybridized carbons (Fsp3) is 0.533. The van der Waals surface area contributed by atoms with Gasteiger partial charge in [0.1, 0.15) is 0 Å². The molecule has 1 rings (SSSR count). The Bertz CT molecular complexity index is 520. The molecule has 6 heteroatoms. The van der Waals surface area contributed by atoms with Gasteiger partial charge < -0.3 is 10.6 Å². The van der Waals surface area contributed by atoms with Crippen molar-refractivity contribution in [3.8, 4) is 0 Å². The molecule has 0 fully saturated rings. The molecule has 0 bridgehead atoms. The van der Waals surface area contributed by atoms with Gasteiger partial charge in [-0.2, -0.15) is 0 Å². The summed E-state index contributed by atoms with van der Waals surface area (Å²) in [5, 5.41) is 6.31. The summed E-state index contributed by atoms with van der Waals surface area (Å²) < 4.78 is 11.1. The number of amides is 2. The molecule has 4 nitrogen and oxygen atoms in total. The van der Waals surface area contributed by atoms with Crippen molar-refractivity contribution < 1.29 is 9.00 Å². The Kier molecular flexibility index (Phi) is 6.68. The van der Waals surface area contributed by atoms with Gasteiger partial charge in [-0.1, -0.05) is 37.6 Å². The number of halogens is 1. The summed E-state index contributed by atoms with van der Waals surface area (Å²) in [4.78, 5) is 11.8. The molecular weight excluding hydrogens is 308 g/mol. The van der Waals surface area contributed by atoms with Crippen LogP contribution in [-0.2, 0) is 16.2 Å². The molecule has 0 saturated heterocycles. The molecule has 118 valence electrons. The van der Waals surface area contributed by atoms with Crippen LogP contribution < -0.4 is 10.6 Å². The Morgan fingerprint density at radius 3 is 2.67 bits per heavy atom. The second-order valence-electron chi connectivity index (χ2n) is 5.86. The lowest BCUT2D eigenvalue weighted by Crippen LogP contribution is -2.46. The first kappa shape index (κ1) is 18.0. The van der Waals surface area contributed by atoms with Crippen molar-refractivity contribution in [3.63, 3.8) is 0 Å². The molecule has 21 heavy (non-hydrogen) atoms. The minimum absolute atomic E-state index is 0.120. The van der Waals surface area contributed by atoms with Gasteiger partial charge in [0.25, 0.3) is 0 Å². The molecule has 2 N–H and O–H groups in total. The van der Waals surface area contributed by atoms with Crippen molar-refractivity contribution in [1.82, 2.24) is 10.6 Å². The highest BCUT2D eigenvalue weighted by Gasteiger charge is 2.22. The Morgan fingerprint density at radius 1 is 1.43 bits per heavy atom. The molecule has 1 aromatic rings. The lowest BCUT2D eigenvalue weighted by Gasteiger charge is -2.26. The lowest BCUT2D eigenvalue weighted by atomic mass is 9.85. The first-order chi connectivity index (χ1) is 9.70. The van der Waals surface area contributed by atoms with Gasteiger partial charge in [-0.15, -0.1) is 0 Å². The highest BCUT2D eigenvalue weighted by Crippen LogP contribution is 2.24. The second-order valence-corrected chi connectivity index (χ2v) is 7.78. The molecule has 1 aromatic carbocycles. The molecule has 0 saturated carbocycles. The molecule has 2 amide bonds. The summed E-state index contributed by atoms with van der Waals surface area (Å²) in [7, 11) is -0.923. The van der Waals surface area contributed by atoms with Gasteiger partial charge in [0.05, 0.1) is 0 Å². The minimum atomic E-state index is -0.923. The minimum Gasteiger partial charge on any atom is -0.337 e. The molecule has 0 unspecified atom stereocenters. The Morgan fingerprint density at radius 2 is 2.10 bits per heavy atom. The van der Waals surface area contributed by atoms with E-state index in [0.29, 0.717) is 17.3 Å². The van der Waals surface area contributed by atoms with Crippen molar-refractivity contribution in [1.29, 1.82) is 0 Å². The van der Waals surface area contributed by atoms with E-state index in [9.17, 15) is 9.00 Å². The van der Waals surface area contributed by atoms with Crippen LogP contribution in [-0.4, -0.2) is 34.8 Å². The zero-order valence-corrected chi connectivity index (χ0v) is 14.5. The SMILES string of the molecule is C[C@@H](C[S@@](C)=O)NC(=O)NCC(C)(C)c1cccc(Cl)c1. The maximum atomic E-state index is 11.8. The normalized spacial score (nSPS) is 14.3. The molecule has 0 radical (unpaired) electrons. The molecule has 0 spiro atoms. The number of urea groups is 1. The smallest absolute Gasteiger partial charge is 0.315 e. The zero-order valence-electron chi connectivity index (χ0n) is 12.9. The molecule has 2 atom stereocenters. The highest BCUT2D eigenvalue weighted by atomic mass is 35.5. The van der Waals surface area contributed by atoms with Gasteiger partial charge in [0.15, 0.2) is 0 Å². The van der Waals surface area contributed by atoms with Gasteiger partial charge in [-0.3, -0.25) is 4.21 Å². The third-order valence-electron chi connectivity index (χ3n) is 3.16. The fourth-order valence-electron chi connectivity index (χ4n) is 1.98. The van der Waals surface area contributed by atoms with Crippen LogP contribution in [0.2, 0.25) is 5.02 Å². The van der Waals surface area contributed by atoms with E-state index in [2.05, 4.69) is 10.6 Å². The van der Waals surface area contributed by atoms with Crippen molar-refractivity contribution >= 4 is 28.4 Å². The van der Waals surface area contributed by atoms with E-state index in [-0.39, 0.29) is 17.5 Å². The van der Waals surface area contributed by atoms with E-state index >= 15 is 0 Å². The van der Waals surface area contributed by atoms with Crippen molar-refractivity contribution in [2.75, 3.05) is 18.6 Å². The fourth-order valence-corrected chi connectivity index (χ4v) is 2.96. The number of benzene rings is 1. The van der Waals surface area contributed by atoms with Crippen LogP contribution in [0, 0.1) is 0 Å². The van der Waals surface area contributed by atoms with Crippen LogP contribution >= 0.6 is 11.6 Å². The van der Waals surface area contributed by atoms with Crippen molar-refractivity contribution in [2.45, 2.75) is 32.2 Å². The van der Waals surface area contributed by atoms with Crippen molar-refractivity contribution in [2.24, 2.45) is 0 Å². The van der Waals surface area contributed by atoms with Gasteiger partial charge in [-0.25, -0.2) is 4.79 Å². The van der Waals surface area contributed by atoms with Gasteiger partial charge in [0.2, 0.25) is 0 Å². The summed E-state index contributed by atoms with van der Waals surface area (Å²) in [5.41, 5.74) is 0.844. The number of hydrogen-bond donors (Lipinski definition) is 2. The standard InChI is InChI=1S/C15H23ClN2O2S/c1-11(9-21(4)20)18-14(19)17-10-15(2,3)12-6-5-7-13(16)8-12/h5-8,11H,9-10H2,1-4H3,(H2,17,18,19)/t11-,21+/m0/s1. The third-order valence-corrected chi connectivity index (χ3v) is 4.36. The Labute approximate surface area is 134 Å². The predicted molar refractivity (Wildman–Crippen MR) is 89.4 cm³/mol.